The van der Waals surface area contributed by atoms with Gasteiger partial charge < -0.3 is 0 Å². The van der Waals surface area contributed by atoms with Crippen LogP contribution in [0.5, 0.6) is 0 Å². The predicted octanol–water partition coefficient (Wildman–Crippen LogP) is 1.32. The topological polar surface area (TPSA) is 68.3 Å². The molecule has 0 spiro atoms. The Bertz CT molecular complexity index is 639. The second-order valence-electron chi connectivity index (χ2n) is 4.20. The summed E-state index contributed by atoms with van der Waals surface area (Å²) in [6.07, 6.45) is -0.203. The van der Waals surface area contributed by atoms with Crippen LogP contribution >= 0.6 is 0 Å². The van der Waals surface area contributed by atoms with Crippen molar-refractivity contribution in [2.45, 2.75) is 18.2 Å². The molecule has 0 amide bonds. The van der Waals surface area contributed by atoms with Crippen LogP contribution in [0.1, 0.15) is 13.3 Å². The number of benzene rings is 1. The normalized spacial score (nSPS) is 16.5. The fourth-order valence-electron chi connectivity index (χ4n) is 1.85. The molecule has 0 aromatic heterocycles. The second-order valence-corrected chi connectivity index (χ2v) is 6.19. The van der Waals surface area contributed by atoms with Crippen molar-refractivity contribution in [3.8, 4) is 0 Å². The van der Waals surface area contributed by atoms with E-state index in [-0.39, 0.29) is 34.0 Å². The van der Waals surface area contributed by atoms with Crippen molar-refractivity contribution in [3.05, 3.63) is 41.5 Å². The molecule has 0 bridgehead atoms. The molecule has 0 atom stereocenters. The summed E-state index contributed by atoms with van der Waals surface area (Å²) in [7, 11) is -3.56. The van der Waals surface area contributed by atoms with Gasteiger partial charge in [0.1, 0.15) is 0 Å². The molecule has 4 nitrogen and oxygen atoms in total. The molecule has 0 heterocycles. The maximum Gasteiger partial charge on any atom is 0.182 e. The highest BCUT2D eigenvalue weighted by atomic mass is 32.2. The van der Waals surface area contributed by atoms with Gasteiger partial charge in [0.2, 0.25) is 0 Å². The average Bonchev–Trinajstić information content (AvgIpc) is 2.57. The van der Waals surface area contributed by atoms with Crippen LogP contribution in [0.3, 0.4) is 0 Å². The van der Waals surface area contributed by atoms with E-state index in [1.54, 1.807) is 18.2 Å². The number of hydrogen-bond donors (Lipinski definition) is 0. The van der Waals surface area contributed by atoms with Crippen LogP contribution < -0.4 is 0 Å². The lowest BCUT2D eigenvalue weighted by Crippen LogP contribution is -2.13. The minimum absolute atomic E-state index is 0.129. The Kier molecular flexibility index (Phi) is 3.17. The molecular weight excluding hydrogens is 252 g/mol. The van der Waals surface area contributed by atoms with Gasteiger partial charge in [0.25, 0.3) is 0 Å². The third-order valence-electron chi connectivity index (χ3n) is 2.97. The number of rotatable bonds is 3. The lowest BCUT2D eigenvalue weighted by Gasteiger charge is -2.05. The first-order valence-corrected chi connectivity index (χ1v) is 7.11. The Hall–Kier alpha value is -1.75. The molecule has 0 unspecified atom stereocenters. The van der Waals surface area contributed by atoms with E-state index in [0.29, 0.717) is 0 Å². The number of hydrogen-bond acceptors (Lipinski definition) is 4. The van der Waals surface area contributed by atoms with Crippen LogP contribution in [0, 0.1) is 0 Å². The maximum absolute atomic E-state index is 12.1. The van der Waals surface area contributed by atoms with Gasteiger partial charge in [-0.15, -0.1) is 0 Å². The second kappa shape index (κ2) is 4.49. The van der Waals surface area contributed by atoms with Crippen molar-refractivity contribution in [2.75, 3.05) is 5.75 Å². The third-order valence-corrected chi connectivity index (χ3v) is 4.62. The van der Waals surface area contributed by atoms with Gasteiger partial charge in [-0.1, -0.05) is 18.2 Å². The monoisotopic (exact) mass is 264 g/mol. The highest BCUT2D eigenvalue weighted by molar-refractivity contribution is 7.91. The highest BCUT2D eigenvalue weighted by Crippen LogP contribution is 2.23. The Morgan fingerprint density at radius 3 is 2.17 bits per heavy atom. The first kappa shape index (κ1) is 12.7. The lowest BCUT2D eigenvalue weighted by molar-refractivity contribution is -0.121. The van der Waals surface area contributed by atoms with Crippen molar-refractivity contribution >= 4 is 21.4 Å². The fourth-order valence-corrected chi connectivity index (χ4v) is 3.35. The van der Waals surface area contributed by atoms with E-state index in [2.05, 4.69) is 0 Å². The standard InChI is InChI=1S/C13H12O4S/c1-9-11(13(15)7-12(9)14)8-18(16,17)10-5-3-2-4-6-10/h2-6H,7-8H2,1H3. The molecule has 0 N–H and O–H groups in total. The van der Waals surface area contributed by atoms with Gasteiger partial charge in [0, 0.05) is 11.1 Å². The molecule has 0 saturated heterocycles. The number of ketones is 2. The van der Waals surface area contributed by atoms with Crippen molar-refractivity contribution in [3.63, 3.8) is 0 Å². The molecule has 0 radical (unpaired) electrons. The largest absolute Gasteiger partial charge is 0.294 e. The minimum atomic E-state index is -3.56. The molecule has 2 rings (SSSR count). The van der Waals surface area contributed by atoms with E-state index in [1.165, 1.54) is 19.1 Å². The summed E-state index contributed by atoms with van der Waals surface area (Å²) >= 11 is 0. The first-order chi connectivity index (χ1) is 8.42. The van der Waals surface area contributed by atoms with Crippen LogP contribution in [-0.4, -0.2) is 25.7 Å². The van der Waals surface area contributed by atoms with Crippen LogP contribution in [-0.2, 0) is 19.4 Å². The fraction of sp³-hybridized carbons (Fsp3) is 0.231. The van der Waals surface area contributed by atoms with Gasteiger partial charge >= 0.3 is 0 Å². The predicted molar refractivity (Wildman–Crippen MR) is 65.8 cm³/mol. The Labute approximate surface area is 105 Å². The number of carbonyl (C=O) groups is 2. The minimum Gasteiger partial charge on any atom is -0.294 e. The molecule has 0 saturated carbocycles. The molecule has 0 aliphatic heterocycles. The molecule has 0 fully saturated rings. The molecule has 1 aliphatic rings. The van der Waals surface area contributed by atoms with E-state index < -0.39 is 15.6 Å². The molecular formula is C13H12O4S. The van der Waals surface area contributed by atoms with Crippen molar-refractivity contribution in [1.82, 2.24) is 0 Å². The van der Waals surface area contributed by atoms with E-state index in [4.69, 9.17) is 0 Å². The van der Waals surface area contributed by atoms with Crippen molar-refractivity contribution in [1.29, 1.82) is 0 Å². The summed E-state index contributed by atoms with van der Waals surface area (Å²) < 4.78 is 24.2. The molecule has 18 heavy (non-hydrogen) atoms. The first-order valence-electron chi connectivity index (χ1n) is 5.46. The number of carbonyl (C=O) groups excluding carboxylic acids is 2. The maximum atomic E-state index is 12.1. The van der Waals surface area contributed by atoms with E-state index >= 15 is 0 Å². The highest BCUT2D eigenvalue weighted by Gasteiger charge is 2.31. The SMILES string of the molecule is CC1=C(CS(=O)(=O)c2ccccc2)C(=O)CC1=O. The smallest absolute Gasteiger partial charge is 0.182 e. The lowest BCUT2D eigenvalue weighted by atomic mass is 10.2. The van der Waals surface area contributed by atoms with Gasteiger partial charge in [0.15, 0.2) is 21.4 Å². The third kappa shape index (κ3) is 2.26. The number of Topliss-reactive ketones (excluding diaryl/α,β-unsaturated/α-hetero) is 2. The zero-order valence-corrected chi connectivity index (χ0v) is 10.7. The Balaban J connectivity index is 2.36. The van der Waals surface area contributed by atoms with E-state index in [0.717, 1.165) is 0 Å². The summed E-state index contributed by atoms with van der Waals surface area (Å²) in [5, 5.41) is 0. The summed E-state index contributed by atoms with van der Waals surface area (Å²) in [6.45, 7) is 1.50. The van der Waals surface area contributed by atoms with Gasteiger partial charge in [-0.05, 0) is 19.1 Å². The molecule has 5 heteroatoms. The van der Waals surface area contributed by atoms with Gasteiger partial charge in [-0.25, -0.2) is 8.42 Å². The van der Waals surface area contributed by atoms with Crippen LogP contribution in [0.2, 0.25) is 0 Å². The van der Waals surface area contributed by atoms with Crippen molar-refractivity contribution in [2.24, 2.45) is 0 Å². The summed E-state index contributed by atoms with van der Waals surface area (Å²) in [4.78, 5) is 23.1. The molecule has 1 aromatic carbocycles. The Morgan fingerprint density at radius 1 is 1.06 bits per heavy atom. The summed E-state index contributed by atoms with van der Waals surface area (Å²) in [6, 6.07) is 7.91. The van der Waals surface area contributed by atoms with E-state index in [9.17, 15) is 18.0 Å². The zero-order chi connectivity index (χ0) is 13.3. The van der Waals surface area contributed by atoms with Crippen LogP contribution in [0.4, 0.5) is 0 Å². The zero-order valence-electron chi connectivity index (χ0n) is 9.84. The van der Waals surface area contributed by atoms with Crippen LogP contribution in [0.15, 0.2) is 46.4 Å². The molecule has 1 aliphatic carbocycles. The summed E-state index contributed by atoms with van der Waals surface area (Å²) in [5.74, 6) is -1.05. The van der Waals surface area contributed by atoms with Gasteiger partial charge in [-0.3, -0.25) is 9.59 Å². The van der Waals surface area contributed by atoms with E-state index in [1.807, 2.05) is 0 Å². The Morgan fingerprint density at radius 2 is 1.67 bits per heavy atom. The van der Waals surface area contributed by atoms with Crippen LogP contribution in [0.25, 0.3) is 0 Å². The average molecular weight is 264 g/mol. The van der Waals surface area contributed by atoms with Gasteiger partial charge in [0.05, 0.1) is 17.1 Å². The molecule has 94 valence electrons. The van der Waals surface area contributed by atoms with Crippen molar-refractivity contribution < 1.29 is 18.0 Å². The summed E-state index contributed by atoms with van der Waals surface area (Å²) in [5.41, 5.74) is 0.406. The number of allylic oxidation sites excluding steroid dienone is 1. The van der Waals surface area contributed by atoms with Gasteiger partial charge in [-0.2, -0.15) is 0 Å². The molecule has 1 aromatic rings. The quantitative estimate of drug-likeness (QED) is 0.772. The number of sulfone groups is 1.